The number of rotatable bonds is 9. The van der Waals surface area contributed by atoms with E-state index in [2.05, 4.69) is 12.1 Å². The second kappa shape index (κ2) is 9.39. The molecule has 3 N–H and O–H groups in total. The molecule has 0 radical (unpaired) electrons. The summed E-state index contributed by atoms with van der Waals surface area (Å²) in [6.45, 7) is 3.57. The number of amidine groups is 1. The maximum Gasteiger partial charge on any atom is 0.170 e. The molecule has 0 bridgehead atoms. The summed E-state index contributed by atoms with van der Waals surface area (Å²) in [4.78, 5) is 0. The lowest BCUT2D eigenvalue weighted by Crippen LogP contribution is -2.13. The van der Waals surface area contributed by atoms with E-state index in [9.17, 15) is 0 Å². The molecule has 0 saturated heterocycles. The van der Waals surface area contributed by atoms with Crippen molar-refractivity contribution in [2.24, 2.45) is 10.9 Å². The molecule has 0 unspecified atom stereocenters. The van der Waals surface area contributed by atoms with Gasteiger partial charge in [0.05, 0.1) is 6.61 Å². The van der Waals surface area contributed by atoms with Crippen molar-refractivity contribution in [3.05, 3.63) is 35.4 Å². The van der Waals surface area contributed by atoms with E-state index in [0.29, 0.717) is 12.2 Å². The van der Waals surface area contributed by atoms with Crippen LogP contribution in [0.1, 0.15) is 50.2 Å². The topological polar surface area (TPSA) is 67.8 Å². The third kappa shape index (κ3) is 6.25. The summed E-state index contributed by atoms with van der Waals surface area (Å²) in [6.07, 6.45) is 6.21. The minimum atomic E-state index is 0.126. The number of oxime groups is 1. The number of ether oxygens (including phenoxy) is 1. The smallest absolute Gasteiger partial charge is 0.170 e. The first-order chi connectivity index (χ1) is 9.27. The fraction of sp³-hybridized carbons (Fsp3) is 0.533. The summed E-state index contributed by atoms with van der Waals surface area (Å²) in [5.41, 5.74) is 7.30. The van der Waals surface area contributed by atoms with Crippen LogP contribution in [0.3, 0.4) is 0 Å². The zero-order chi connectivity index (χ0) is 13.9. The summed E-state index contributed by atoms with van der Waals surface area (Å²) in [6, 6.07) is 7.55. The molecular formula is C15H24N2O2. The van der Waals surface area contributed by atoms with Gasteiger partial charge >= 0.3 is 0 Å². The summed E-state index contributed by atoms with van der Waals surface area (Å²) in [5.74, 6) is 0.126. The Morgan fingerprint density at radius 1 is 1.26 bits per heavy atom. The van der Waals surface area contributed by atoms with Crippen LogP contribution >= 0.6 is 0 Å². The van der Waals surface area contributed by atoms with Crippen molar-refractivity contribution < 1.29 is 9.94 Å². The van der Waals surface area contributed by atoms with Crippen LogP contribution in [-0.4, -0.2) is 17.6 Å². The SMILES string of the molecule is CCCCCCCOCc1cccc(/C(N)=N/O)c1. The molecular weight excluding hydrogens is 240 g/mol. The van der Waals surface area contributed by atoms with Gasteiger partial charge in [0, 0.05) is 12.2 Å². The Balaban J connectivity index is 2.26. The number of hydrogen-bond donors (Lipinski definition) is 2. The van der Waals surface area contributed by atoms with E-state index < -0.39 is 0 Å². The van der Waals surface area contributed by atoms with Gasteiger partial charge in [-0.3, -0.25) is 0 Å². The molecule has 0 fully saturated rings. The Bertz CT molecular complexity index is 391. The molecule has 0 aliphatic heterocycles. The molecule has 0 amide bonds. The van der Waals surface area contributed by atoms with Crippen molar-refractivity contribution >= 4 is 5.84 Å². The minimum absolute atomic E-state index is 0.126. The Labute approximate surface area is 115 Å². The molecule has 4 heteroatoms. The van der Waals surface area contributed by atoms with E-state index in [0.717, 1.165) is 18.6 Å². The molecule has 19 heavy (non-hydrogen) atoms. The predicted octanol–water partition coefficient (Wildman–Crippen LogP) is 3.27. The van der Waals surface area contributed by atoms with Gasteiger partial charge in [0.2, 0.25) is 0 Å². The number of benzene rings is 1. The van der Waals surface area contributed by atoms with E-state index in [-0.39, 0.29) is 5.84 Å². The average Bonchev–Trinajstić information content (AvgIpc) is 2.46. The van der Waals surface area contributed by atoms with Gasteiger partial charge in [-0.1, -0.05) is 56.0 Å². The Kier molecular flexibility index (Phi) is 7.66. The van der Waals surface area contributed by atoms with Gasteiger partial charge in [0.25, 0.3) is 0 Å². The lowest BCUT2D eigenvalue weighted by Gasteiger charge is -2.06. The van der Waals surface area contributed by atoms with E-state index >= 15 is 0 Å². The predicted molar refractivity (Wildman–Crippen MR) is 77.4 cm³/mol. The van der Waals surface area contributed by atoms with Crippen LogP contribution in [0.25, 0.3) is 0 Å². The second-order valence-electron chi connectivity index (χ2n) is 4.65. The van der Waals surface area contributed by atoms with Crippen molar-refractivity contribution in [2.45, 2.75) is 45.6 Å². The maximum absolute atomic E-state index is 8.63. The number of nitrogens with zero attached hydrogens (tertiary/aromatic N) is 1. The molecule has 1 aromatic rings. The highest BCUT2D eigenvalue weighted by Crippen LogP contribution is 2.08. The van der Waals surface area contributed by atoms with Crippen LogP contribution in [0.4, 0.5) is 0 Å². The molecule has 1 aromatic carbocycles. The van der Waals surface area contributed by atoms with E-state index in [1.165, 1.54) is 25.7 Å². The third-order valence-corrected chi connectivity index (χ3v) is 2.99. The van der Waals surface area contributed by atoms with Crippen LogP contribution in [0.2, 0.25) is 0 Å². The van der Waals surface area contributed by atoms with Gasteiger partial charge in [0.1, 0.15) is 0 Å². The van der Waals surface area contributed by atoms with Crippen molar-refractivity contribution in [2.75, 3.05) is 6.61 Å². The normalized spacial score (nSPS) is 11.7. The molecule has 106 valence electrons. The highest BCUT2D eigenvalue weighted by molar-refractivity contribution is 5.97. The molecule has 0 spiro atoms. The Morgan fingerprint density at radius 2 is 2.05 bits per heavy atom. The first-order valence-corrected chi connectivity index (χ1v) is 6.92. The van der Waals surface area contributed by atoms with Gasteiger partial charge in [-0.05, 0) is 18.1 Å². The standard InChI is InChI=1S/C15H24N2O2/c1-2-3-4-5-6-10-19-12-13-8-7-9-14(11-13)15(16)17-18/h7-9,11,18H,2-6,10,12H2,1H3,(H2,16,17). The number of unbranched alkanes of at least 4 members (excludes halogenated alkanes) is 4. The summed E-state index contributed by atoms with van der Waals surface area (Å²) < 4.78 is 5.63. The molecule has 0 aromatic heterocycles. The van der Waals surface area contributed by atoms with Crippen LogP contribution in [-0.2, 0) is 11.3 Å². The van der Waals surface area contributed by atoms with Crippen molar-refractivity contribution in [1.29, 1.82) is 0 Å². The lowest BCUT2D eigenvalue weighted by molar-refractivity contribution is 0.116. The van der Waals surface area contributed by atoms with Crippen LogP contribution in [0, 0.1) is 0 Å². The third-order valence-electron chi connectivity index (χ3n) is 2.99. The van der Waals surface area contributed by atoms with Crippen molar-refractivity contribution in [3.63, 3.8) is 0 Å². The maximum atomic E-state index is 8.63. The minimum Gasteiger partial charge on any atom is -0.409 e. The largest absolute Gasteiger partial charge is 0.409 e. The average molecular weight is 264 g/mol. The van der Waals surface area contributed by atoms with Gasteiger partial charge in [0.15, 0.2) is 5.84 Å². The summed E-state index contributed by atoms with van der Waals surface area (Å²) in [5, 5.41) is 11.6. The van der Waals surface area contributed by atoms with Crippen molar-refractivity contribution in [3.8, 4) is 0 Å². The monoisotopic (exact) mass is 264 g/mol. The van der Waals surface area contributed by atoms with Crippen LogP contribution in [0.15, 0.2) is 29.4 Å². The molecule has 0 saturated carbocycles. The first-order valence-electron chi connectivity index (χ1n) is 6.92. The number of nitrogens with two attached hydrogens (primary N) is 1. The van der Waals surface area contributed by atoms with Gasteiger partial charge in [-0.15, -0.1) is 0 Å². The quantitative estimate of drug-likeness (QED) is 0.236. The highest BCUT2D eigenvalue weighted by atomic mass is 16.5. The van der Waals surface area contributed by atoms with Gasteiger partial charge in [-0.25, -0.2) is 0 Å². The lowest BCUT2D eigenvalue weighted by atomic mass is 10.1. The fourth-order valence-corrected chi connectivity index (χ4v) is 1.88. The molecule has 0 atom stereocenters. The Morgan fingerprint density at radius 3 is 2.79 bits per heavy atom. The molecule has 0 heterocycles. The molecule has 1 rings (SSSR count). The molecule has 4 nitrogen and oxygen atoms in total. The number of hydrogen-bond acceptors (Lipinski definition) is 3. The Hall–Kier alpha value is -1.55. The summed E-state index contributed by atoms with van der Waals surface area (Å²) >= 11 is 0. The van der Waals surface area contributed by atoms with E-state index in [4.69, 9.17) is 15.7 Å². The zero-order valence-electron chi connectivity index (χ0n) is 11.6. The fourth-order valence-electron chi connectivity index (χ4n) is 1.88. The second-order valence-corrected chi connectivity index (χ2v) is 4.65. The van der Waals surface area contributed by atoms with E-state index in [1.807, 2.05) is 24.3 Å². The van der Waals surface area contributed by atoms with E-state index in [1.54, 1.807) is 0 Å². The zero-order valence-corrected chi connectivity index (χ0v) is 11.6. The van der Waals surface area contributed by atoms with Crippen LogP contribution < -0.4 is 5.73 Å². The van der Waals surface area contributed by atoms with Crippen LogP contribution in [0.5, 0.6) is 0 Å². The molecule has 0 aliphatic carbocycles. The van der Waals surface area contributed by atoms with Crippen molar-refractivity contribution in [1.82, 2.24) is 0 Å². The highest BCUT2D eigenvalue weighted by Gasteiger charge is 2.00. The summed E-state index contributed by atoms with van der Waals surface area (Å²) in [7, 11) is 0. The first kappa shape index (κ1) is 15.5. The molecule has 0 aliphatic rings. The van der Waals surface area contributed by atoms with Gasteiger partial charge in [-0.2, -0.15) is 0 Å². The van der Waals surface area contributed by atoms with Gasteiger partial charge < -0.3 is 15.7 Å².